The second kappa shape index (κ2) is 6.57. The Hall–Kier alpha value is -2.85. The average Bonchev–Trinajstić information content (AvgIpc) is 3.30. The summed E-state index contributed by atoms with van der Waals surface area (Å²) in [7, 11) is 0. The van der Waals surface area contributed by atoms with Crippen molar-refractivity contribution in [2.24, 2.45) is 0 Å². The van der Waals surface area contributed by atoms with Gasteiger partial charge in [-0.05, 0) is 31.4 Å². The molecule has 0 N–H and O–H groups in total. The highest BCUT2D eigenvalue weighted by Crippen LogP contribution is 2.30. The van der Waals surface area contributed by atoms with Crippen LogP contribution in [0, 0.1) is 11.3 Å². The van der Waals surface area contributed by atoms with Crippen LogP contribution in [0.4, 0.5) is 0 Å². The van der Waals surface area contributed by atoms with Crippen molar-refractivity contribution in [3.05, 3.63) is 52.4 Å². The molecule has 124 valence electrons. The number of carbonyl (C=O) groups excluding carboxylic acids is 1. The fourth-order valence-electron chi connectivity index (χ4n) is 3.08. The number of fused-ring (bicyclic) bond motifs is 1. The summed E-state index contributed by atoms with van der Waals surface area (Å²) in [6.45, 7) is 0.837. The van der Waals surface area contributed by atoms with Gasteiger partial charge in [-0.2, -0.15) is 10.4 Å². The van der Waals surface area contributed by atoms with E-state index in [1.165, 1.54) is 11.3 Å². The lowest BCUT2D eigenvalue weighted by molar-refractivity contribution is 0.0977. The van der Waals surface area contributed by atoms with Crippen LogP contribution < -0.4 is 0 Å². The Balaban J connectivity index is 1.65. The lowest BCUT2D eigenvalue weighted by Crippen LogP contribution is -2.17. The number of nitriles is 1. The fourth-order valence-corrected chi connectivity index (χ4v) is 3.95. The zero-order valence-electron chi connectivity index (χ0n) is 13.4. The lowest BCUT2D eigenvalue weighted by Gasteiger charge is -2.14. The number of aromatic nitrogens is 4. The number of pyridine rings is 1. The summed E-state index contributed by atoms with van der Waals surface area (Å²) < 4.78 is 1.88. The molecular formula is C18H15N5OS. The first-order valence-electron chi connectivity index (χ1n) is 8.12. The van der Waals surface area contributed by atoms with Crippen molar-refractivity contribution in [2.45, 2.75) is 31.7 Å². The van der Waals surface area contributed by atoms with Gasteiger partial charge in [-0.3, -0.25) is 14.5 Å². The molecule has 0 saturated carbocycles. The van der Waals surface area contributed by atoms with E-state index in [1.54, 1.807) is 18.6 Å². The third kappa shape index (κ3) is 2.85. The summed E-state index contributed by atoms with van der Waals surface area (Å²) in [5, 5.41) is 16.3. The van der Waals surface area contributed by atoms with Crippen LogP contribution in [0.15, 0.2) is 36.1 Å². The zero-order chi connectivity index (χ0) is 17.2. The van der Waals surface area contributed by atoms with Gasteiger partial charge in [0.05, 0.1) is 23.5 Å². The molecule has 7 heteroatoms. The van der Waals surface area contributed by atoms with E-state index in [2.05, 4.69) is 21.1 Å². The van der Waals surface area contributed by atoms with Crippen LogP contribution >= 0.6 is 11.3 Å². The highest BCUT2D eigenvalue weighted by atomic mass is 32.1. The molecule has 25 heavy (non-hydrogen) atoms. The molecule has 0 fully saturated rings. The standard InChI is InChI=1S/C18H15N5OS/c19-9-13(17(24)14-10-21-23-8-2-1-3-16(14)23)18-22-15(11-25-18)12-4-6-20-7-5-12/h4-7,10-11,13H,1-3,8H2/t13-/m0/s1. The number of nitrogens with zero attached hydrogens (tertiary/aromatic N) is 5. The van der Waals surface area contributed by atoms with Crippen LogP contribution in [0.25, 0.3) is 11.3 Å². The van der Waals surface area contributed by atoms with Gasteiger partial charge in [-0.25, -0.2) is 4.98 Å². The van der Waals surface area contributed by atoms with Gasteiger partial charge in [0.2, 0.25) is 0 Å². The first kappa shape index (κ1) is 15.7. The minimum absolute atomic E-state index is 0.207. The van der Waals surface area contributed by atoms with Crippen LogP contribution in [-0.2, 0) is 13.0 Å². The minimum atomic E-state index is -0.892. The minimum Gasteiger partial charge on any atom is -0.292 e. The first-order chi connectivity index (χ1) is 12.3. The smallest absolute Gasteiger partial charge is 0.190 e. The molecule has 3 aromatic heterocycles. The maximum absolute atomic E-state index is 12.9. The molecule has 0 amide bonds. The van der Waals surface area contributed by atoms with E-state index >= 15 is 0 Å². The molecule has 1 aliphatic rings. The van der Waals surface area contributed by atoms with Gasteiger partial charge >= 0.3 is 0 Å². The Kier molecular flexibility index (Phi) is 4.12. The van der Waals surface area contributed by atoms with Crippen LogP contribution in [-0.4, -0.2) is 25.5 Å². The largest absolute Gasteiger partial charge is 0.292 e. The van der Waals surface area contributed by atoms with Gasteiger partial charge in [0.15, 0.2) is 11.7 Å². The van der Waals surface area contributed by atoms with E-state index < -0.39 is 5.92 Å². The molecule has 3 aromatic rings. The van der Waals surface area contributed by atoms with Crippen molar-refractivity contribution < 1.29 is 4.79 Å². The number of ketones is 1. The van der Waals surface area contributed by atoms with Crippen molar-refractivity contribution in [3.63, 3.8) is 0 Å². The van der Waals surface area contributed by atoms with E-state index in [-0.39, 0.29) is 5.78 Å². The predicted octanol–water partition coefficient (Wildman–Crippen LogP) is 3.23. The maximum atomic E-state index is 12.9. The Morgan fingerprint density at radius 2 is 2.16 bits per heavy atom. The molecule has 4 heterocycles. The molecule has 0 spiro atoms. The zero-order valence-corrected chi connectivity index (χ0v) is 14.2. The normalized spacial score (nSPS) is 14.5. The summed E-state index contributed by atoms with van der Waals surface area (Å²) >= 11 is 1.34. The van der Waals surface area contributed by atoms with E-state index in [1.807, 2.05) is 22.2 Å². The summed E-state index contributed by atoms with van der Waals surface area (Å²) in [5.74, 6) is -1.10. The third-order valence-electron chi connectivity index (χ3n) is 4.38. The van der Waals surface area contributed by atoms with Crippen molar-refractivity contribution >= 4 is 17.1 Å². The molecular weight excluding hydrogens is 334 g/mol. The fraction of sp³-hybridized carbons (Fsp3) is 0.278. The molecule has 4 rings (SSSR count). The second-order valence-corrected chi connectivity index (χ2v) is 6.81. The molecule has 0 radical (unpaired) electrons. The number of carbonyl (C=O) groups is 1. The maximum Gasteiger partial charge on any atom is 0.190 e. The number of Topliss-reactive ketones (excluding diaryl/α,β-unsaturated/α-hetero) is 1. The van der Waals surface area contributed by atoms with Crippen LogP contribution in [0.5, 0.6) is 0 Å². The average molecular weight is 349 g/mol. The summed E-state index contributed by atoms with van der Waals surface area (Å²) in [5.41, 5.74) is 3.19. The number of aryl methyl sites for hydroxylation is 1. The van der Waals surface area contributed by atoms with Crippen LogP contribution in [0.1, 0.15) is 39.8 Å². The molecule has 0 bridgehead atoms. The number of thiazole rings is 1. The van der Waals surface area contributed by atoms with Crippen molar-refractivity contribution in [1.29, 1.82) is 5.26 Å². The number of hydrogen-bond acceptors (Lipinski definition) is 6. The van der Waals surface area contributed by atoms with E-state index in [0.29, 0.717) is 10.6 Å². The predicted molar refractivity (Wildman–Crippen MR) is 93.2 cm³/mol. The monoisotopic (exact) mass is 349 g/mol. The quantitative estimate of drug-likeness (QED) is 0.675. The van der Waals surface area contributed by atoms with Gasteiger partial charge in [0.25, 0.3) is 0 Å². The molecule has 1 aliphatic heterocycles. The Morgan fingerprint density at radius 1 is 1.32 bits per heavy atom. The van der Waals surface area contributed by atoms with E-state index in [4.69, 9.17) is 0 Å². The SMILES string of the molecule is N#C[C@@H](C(=O)c1cnn2c1CCCC2)c1nc(-c2ccncc2)cs1. The summed E-state index contributed by atoms with van der Waals surface area (Å²) in [6, 6.07) is 5.84. The van der Waals surface area contributed by atoms with Gasteiger partial charge in [0.1, 0.15) is 5.01 Å². The van der Waals surface area contributed by atoms with Gasteiger partial charge in [0, 0.05) is 35.6 Å². The Morgan fingerprint density at radius 3 is 2.96 bits per heavy atom. The van der Waals surface area contributed by atoms with Crippen LogP contribution in [0.3, 0.4) is 0 Å². The first-order valence-corrected chi connectivity index (χ1v) is 9.00. The van der Waals surface area contributed by atoms with Gasteiger partial charge in [-0.15, -0.1) is 11.3 Å². The number of hydrogen-bond donors (Lipinski definition) is 0. The summed E-state index contributed by atoms with van der Waals surface area (Å²) in [4.78, 5) is 21.4. The molecule has 0 unspecified atom stereocenters. The van der Waals surface area contributed by atoms with E-state index in [0.717, 1.165) is 42.8 Å². The van der Waals surface area contributed by atoms with Crippen molar-refractivity contribution in [2.75, 3.05) is 0 Å². The van der Waals surface area contributed by atoms with Crippen molar-refractivity contribution in [3.8, 4) is 17.3 Å². The van der Waals surface area contributed by atoms with E-state index in [9.17, 15) is 10.1 Å². The van der Waals surface area contributed by atoms with Crippen molar-refractivity contribution in [1.82, 2.24) is 19.7 Å². The molecule has 1 atom stereocenters. The molecule has 0 saturated heterocycles. The highest BCUT2D eigenvalue weighted by Gasteiger charge is 2.29. The van der Waals surface area contributed by atoms with Gasteiger partial charge in [-0.1, -0.05) is 0 Å². The summed E-state index contributed by atoms with van der Waals surface area (Å²) in [6.07, 6.45) is 7.95. The Labute approximate surface area is 148 Å². The third-order valence-corrected chi connectivity index (χ3v) is 5.29. The lowest BCUT2D eigenvalue weighted by atomic mass is 9.97. The molecule has 6 nitrogen and oxygen atoms in total. The number of rotatable bonds is 4. The molecule has 0 aliphatic carbocycles. The Bertz CT molecular complexity index is 954. The second-order valence-electron chi connectivity index (χ2n) is 5.92. The topological polar surface area (TPSA) is 84.5 Å². The highest BCUT2D eigenvalue weighted by molar-refractivity contribution is 7.10. The molecule has 0 aromatic carbocycles. The van der Waals surface area contributed by atoms with Gasteiger partial charge < -0.3 is 0 Å². The van der Waals surface area contributed by atoms with Crippen LogP contribution in [0.2, 0.25) is 0 Å².